The van der Waals surface area contributed by atoms with Crippen LogP contribution < -0.4 is 15.3 Å². The molecule has 0 amide bonds. The van der Waals surface area contributed by atoms with Gasteiger partial charge in [-0.3, -0.25) is 4.90 Å². The number of ether oxygens (including phenoxy) is 2. The predicted octanol–water partition coefficient (Wildman–Crippen LogP) is 5.37. The van der Waals surface area contributed by atoms with Crippen LogP contribution in [0.4, 0.5) is 14.6 Å². The van der Waals surface area contributed by atoms with E-state index in [-0.39, 0.29) is 39.9 Å². The Kier molecular flexibility index (Phi) is 7.62. The number of anilines is 1. The fourth-order valence-electron chi connectivity index (χ4n) is 7.10. The van der Waals surface area contributed by atoms with E-state index in [9.17, 15) is 18.7 Å². The van der Waals surface area contributed by atoms with Gasteiger partial charge in [-0.1, -0.05) is 12.1 Å². The van der Waals surface area contributed by atoms with E-state index < -0.39 is 17.6 Å². The minimum Gasteiger partial charge on any atom is -0.508 e. The average molecular weight is 607 g/mol. The minimum atomic E-state index is -0.632. The van der Waals surface area contributed by atoms with Crippen molar-refractivity contribution in [2.45, 2.75) is 57.3 Å². The predicted molar refractivity (Wildman–Crippen MR) is 163 cm³/mol. The molecule has 0 radical (unpaired) electrons. The number of benzene rings is 2. The Bertz CT molecular complexity index is 1770. The lowest BCUT2D eigenvalue weighted by atomic mass is 9.98. The Morgan fingerprint density at radius 2 is 1.95 bits per heavy atom. The topological polar surface area (TPSA) is 101 Å². The number of fused-ring (bicyclic) bond motifs is 3. The second-order valence-electron chi connectivity index (χ2n) is 12.2. The van der Waals surface area contributed by atoms with Crippen LogP contribution in [0, 0.1) is 18.7 Å². The number of alkyl halides is 1. The number of hydrogen-bond donors (Lipinski definition) is 1. The number of phenols is 1. The number of rotatable bonds is 4. The van der Waals surface area contributed by atoms with Gasteiger partial charge < -0.3 is 23.9 Å². The van der Waals surface area contributed by atoms with Crippen molar-refractivity contribution in [1.82, 2.24) is 14.9 Å². The summed E-state index contributed by atoms with van der Waals surface area (Å²) in [6.45, 7) is 5.28. The van der Waals surface area contributed by atoms with Crippen LogP contribution in [0.3, 0.4) is 0 Å². The molecule has 4 aliphatic rings. The Hall–Kier alpha value is -3.83. The van der Waals surface area contributed by atoms with E-state index in [1.165, 1.54) is 38.2 Å². The van der Waals surface area contributed by atoms with Crippen molar-refractivity contribution in [2.24, 2.45) is 5.92 Å². The molecule has 3 atom stereocenters. The molecule has 2 aromatic heterocycles. The SMILES string of the molecule is COc1nc(N2CCOCC2C2CC2)c2c(=O)oc(-c3cc(O)cc4cccc(F)c34)c(C)c2n1.FC1CC2CCCN2C1. The van der Waals surface area contributed by atoms with Crippen LogP contribution in [0.25, 0.3) is 33.0 Å². The number of methoxy groups -OCH3 is 1. The molecule has 4 fully saturated rings. The molecule has 3 saturated heterocycles. The summed E-state index contributed by atoms with van der Waals surface area (Å²) in [6.07, 6.45) is 5.03. The first-order chi connectivity index (χ1) is 21.3. The molecule has 1 N–H and O–H groups in total. The maximum Gasteiger partial charge on any atom is 0.349 e. The van der Waals surface area contributed by atoms with Crippen LogP contribution in [0.1, 0.15) is 37.7 Å². The molecule has 5 heterocycles. The number of aromatic hydroxyl groups is 1. The highest BCUT2D eigenvalue weighted by Gasteiger charge is 2.39. The Morgan fingerprint density at radius 3 is 2.73 bits per heavy atom. The molecule has 8 rings (SSSR count). The van der Waals surface area contributed by atoms with E-state index in [0.717, 1.165) is 25.8 Å². The number of hydrogen-bond acceptors (Lipinski definition) is 9. The summed E-state index contributed by atoms with van der Waals surface area (Å²) in [7, 11) is 1.47. The highest BCUT2D eigenvalue weighted by Crippen LogP contribution is 2.41. The third-order valence-corrected chi connectivity index (χ3v) is 9.37. The molecule has 3 unspecified atom stereocenters. The van der Waals surface area contributed by atoms with Gasteiger partial charge in [0, 0.05) is 35.6 Å². The Labute approximate surface area is 253 Å². The smallest absolute Gasteiger partial charge is 0.349 e. The van der Waals surface area contributed by atoms with E-state index in [1.54, 1.807) is 19.1 Å². The molecule has 0 bridgehead atoms. The normalized spacial score (nSPS) is 23.5. The monoisotopic (exact) mass is 606 g/mol. The Morgan fingerprint density at radius 1 is 1.11 bits per heavy atom. The van der Waals surface area contributed by atoms with Gasteiger partial charge in [-0.25, -0.2) is 13.6 Å². The van der Waals surface area contributed by atoms with Gasteiger partial charge in [0.15, 0.2) is 5.82 Å². The number of nitrogens with zero attached hydrogens (tertiary/aromatic N) is 4. The van der Waals surface area contributed by atoms with Crippen LogP contribution in [0.5, 0.6) is 11.8 Å². The molecule has 1 aliphatic carbocycles. The molecule has 1 saturated carbocycles. The summed E-state index contributed by atoms with van der Waals surface area (Å²) in [5, 5.41) is 11.3. The number of aryl methyl sites for hydroxylation is 1. The first-order valence-corrected chi connectivity index (χ1v) is 15.4. The number of phenolic OH excluding ortho intramolecular Hbond substituents is 1. The third-order valence-electron chi connectivity index (χ3n) is 9.37. The van der Waals surface area contributed by atoms with Gasteiger partial charge >= 0.3 is 11.6 Å². The highest BCUT2D eigenvalue weighted by molar-refractivity contribution is 6.00. The fraction of sp³-hybridized carbons (Fsp3) is 0.485. The van der Waals surface area contributed by atoms with Gasteiger partial charge in [-0.05, 0) is 75.1 Å². The second kappa shape index (κ2) is 11.6. The van der Waals surface area contributed by atoms with Crippen LogP contribution in [0.15, 0.2) is 39.5 Å². The lowest BCUT2D eigenvalue weighted by Gasteiger charge is -2.37. The molecule has 232 valence electrons. The molecule has 11 heteroatoms. The average Bonchev–Trinajstić information content (AvgIpc) is 3.68. The maximum absolute atomic E-state index is 14.9. The van der Waals surface area contributed by atoms with Crippen molar-refractivity contribution in [3.05, 3.63) is 52.1 Å². The van der Waals surface area contributed by atoms with E-state index in [2.05, 4.69) is 19.8 Å². The van der Waals surface area contributed by atoms with Crippen LogP contribution >= 0.6 is 0 Å². The molecule has 0 spiro atoms. The van der Waals surface area contributed by atoms with Gasteiger partial charge in [-0.15, -0.1) is 0 Å². The lowest BCUT2D eigenvalue weighted by Crippen LogP contribution is -2.47. The molecule has 2 aromatic carbocycles. The molecular formula is C33H36F2N4O5. The lowest BCUT2D eigenvalue weighted by molar-refractivity contribution is 0.0875. The summed E-state index contributed by atoms with van der Waals surface area (Å²) in [6, 6.07) is 8.29. The van der Waals surface area contributed by atoms with Gasteiger partial charge in [0.2, 0.25) is 0 Å². The first kappa shape index (κ1) is 28.9. The Balaban J connectivity index is 0.000000296. The summed E-state index contributed by atoms with van der Waals surface area (Å²) < 4.78 is 44.5. The van der Waals surface area contributed by atoms with E-state index >= 15 is 0 Å². The minimum absolute atomic E-state index is 0.0678. The number of halogens is 2. The molecular weight excluding hydrogens is 570 g/mol. The zero-order valence-electron chi connectivity index (χ0n) is 24.9. The summed E-state index contributed by atoms with van der Waals surface area (Å²) in [4.78, 5) is 26.9. The quantitative estimate of drug-likeness (QED) is 0.329. The van der Waals surface area contributed by atoms with Crippen molar-refractivity contribution in [2.75, 3.05) is 44.9 Å². The van der Waals surface area contributed by atoms with Crippen molar-refractivity contribution in [3.8, 4) is 23.1 Å². The largest absolute Gasteiger partial charge is 0.508 e. The summed E-state index contributed by atoms with van der Waals surface area (Å²) in [5.74, 6) is 0.534. The zero-order chi connectivity index (χ0) is 30.5. The summed E-state index contributed by atoms with van der Waals surface area (Å²) >= 11 is 0. The molecule has 9 nitrogen and oxygen atoms in total. The van der Waals surface area contributed by atoms with Crippen molar-refractivity contribution in [1.29, 1.82) is 0 Å². The first-order valence-electron chi connectivity index (χ1n) is 15.4. The van der Waals surface area contributed by atoms with Crippen LogP contribution in [0.2, 0.25) is 0 Å². The fourth-order valence-corrected chi connectivity index (χ4v) is 7.10. The zero-order valence-corrected chi connectivity index (χ0v) is 24.9. The standard InChI is InChI=1S/C26H24FN3O5.C7H12FN/c1-13-22-21(24(29-26(28-22)33-2)30-8-9-34-12-19(30)14-6-7-14)25(32)35-23(13)17-11-16(31)10-15-4-3-5-18(27)20(15)17;8-6-4-7-2-1-3-9(7)5-6/h3-5,10-11,14,19,31H,6-9,12H2,1-2H3;6-7H,1-5H2. The van der Waals surface area contributed by atoms with E-state index in [4.69, 9.17) is 13.9 Å². The maximum atomic E-state index is 14.9. The second-order valence-corrected chi connectivity index (χ2v) is 12.2. The van der Waals surface area contributed by atoms with Crippen LogP contribution in [-0.2, 0) is 4.74 Å². The number of aromatic nitrogens is 2. The third kappa shape index (κ3) is 5.26. The molecule has 3 aliphatic heterocycles. The van der Waals surface area contributed by atoms with Crippen molar-refractivity contribution >= 4 is 27.5 Å². The highest BCUT2D eigenvalue weighted by atomic mass is 19.1. The summed E-state index contributed by atoms with van der Waals surface area (Å²) in [5.41, 5.74) is 0.531. The van der Waals surface area contributed by atoms with Crippen LogP contribution in [-0.4, -0.2) is 78.2 Å². The molecule has 4 aromatic rings. The van der Waals surface area contributed by atoms with Gasteiger partial charge in [-0.2, -0.15) is 9.97 Å². The number of morpholine rings is 1. The molecule has 44 heavy (non-hydrogen) atoms. The van der Waals surface area contributed by atoms with Crippen molar-refractivity contribution < 1.29 is 27.8 Å². The van der Waals surface area contributed by atoms with Gasteiger partial charge in [0.1, 0.15) is 28.9 Å². The van der Waals surface area contributed by atoms with E-state index in [0.29, 0.717) is 60.5 Å². The van der Waals surface area contributed by atoms with Crippen molar-refractivity contribution in [3.63, 3.8) is 0 Å². The van der Waals surface area contributed by atoms with Gasteiger partial charge in [0.05, 0.1) is 31.9 Å². The van der Waals surface area contributed by atoms with E-state index in [1.807, 2.05) is 0 Å². The van der Waals surface area contributed by atoms with Gasteiger partial charge in [0.25, 0.3) is 0 Å².